The van der Waals surface area contributed by atoms with Gasteiger partial charge in [0.05, 0.1) is 11.5 Å². The van der Waals surface area contributed by atoms with Gasteiger partial charge in [-0.25, -0.2) is 9.97 Å². The lowest BCUT2D eigenvalue weighted by Crippen LogP contribution is -2.42. The minimum absolute atomic E-state index is 0.0192. The van der Waals surface area contributed by atoms with E-state index in [4.69, 9.17) is 0 Å². The van der Waals surface area contributed by atoms with E-state index in [0.717, 1.165) is 18.5 Å². The summed E-state index contributed by atoms with van der Waals surface area (Å²) in [5.74, 6) is 0.228. The molecular weight excluding hydrogens is 356 g/mol. The maximum atomic E-state index is 12.6. The number of nitrogens with zero attached hydrogens (tertiary/aromatic N) is 3. The van der Waals surface area contributed by atoms with Gasteiger partial charge in [-0.05, 0) is 32.0 Å². The van der Waals surface area contributed by atoms with Crippen LogP contribution in [0.2, 0.25) is 0 Å². The van der Waals surface area contributed by atoms with E-state index in [0.29, 0.717) is 24.6 Å². The van der Waals surface area contributed by atoms with Gasteiger partial charge in [-0.15, -0.1) is 0 Å². The highest BCUT2D eigenvalue weighted by molar-refractivity contribution is 5.93. The van der Waals surface area contributed by atoms with Crippen LogP contribution in [0.3, 0.4) is 0 Å². The minimum atomic E-state index is -0.206. The SMILES string of the molecule is CNC(=O)[C@@H]1CC[C@H](NC(=O)c2cnc(Nc3ccccc3)nc2)CN(C)C1. The molecule has 2 amide bonds. The second-order valence-corrected chi connectivity index (χ2v) is 7.07. The summed E-state index contributed by atoms with van der Waals surface area (Å²) >= 11 is 0. The van der Waals surface area contributed by atoms with Gasteiger partial charge in [0.15, 0.2) is 0 Å². The van der Waals surface area contributed by atoms with Crippen molar-refractivity contribution in [2.75, 3.05) is 32.5 Å². The molecule has 28 heavy (non-hydrogen) atoms. The number of aromatic nitrogens is 2. The Balaban J connectivity index is 1.57. The monoisotopic (exact) mass is 382 g/mol. The molecule has 0 radical (unpaired) electrons. The Morgan fingerprint density at radius 3 is 2.46 bits per heavy atom. The molecule has 0 spiro atoms. The van der Waals surface area contributed by atoms with Gasteiger partial charge in [0, 0.05) is 44.3 Å². The smallest absolute Gasteiger partial charge is 0.254 e. The van der Waals surface area contributed by atoms with Gasteiger partial charge in [0.1, 0.15) is 0 Å². The van der Waals surface area contributed by atoms with Crippen LogP contribution in [0.15, 0.2) is 42.7 Å². The molecule has 0 bridgehead atoms. The summed E-state index contributed by atoms with van der Waals surface area (Å²) in [5.41, 5.74) is 1.29. The van der Waals surface area contributed by atoms with Crippen molar-refractivity contribution in [2.24, 2.45) is 5.92 Å². The average Bonchev–Trinajstić information content (AvgIpc) is 2.89. The molecule has 148 valence electrons. The highest BCUT2D eigenvalue weighted by Crippen LogP contribution is 2.17. The van der Waals surface area contributed by atoms with Gasteiger partial charge >= 0.3 is 0 Å². The zero-order chi connectivity index (χ0) is 19.9. The van der Waals surface area contributed by atoms with Crippen LogP contribution in [-0.4, -0.2) is 59.9 Å². The fourth-order valence-corrected chi connectivity index (χ4v) is 3.38. The van der Waals surface area contributed by atoms with Crippen LogP contribution >= 0.6 is 0 Å². The molecule has 1 aromatic heterocycles. The van der Waals surface area contributed by atoms with Crippen LogP contribution < -0.4 is 16.0 Å². The fraction of sp³-hybridized carbons (Fsp3) is 0.400. The number of rotatable bonds is 5. The molecule has 0 saturated carbocycles. The predicted molar refractivity (Wildman–Crippen MR) is 107 cm³/mol. The molecule has 1 fully saturated rings. The van der Waals surface area contributed by atoms with Gasteiger partial charge in [0.25, 0.3) is 5.91 Å². The van der Waals surface area contributed by atoms with E-state index < -0.39 is 0 Å². The number of nitrogens with one attached hydrogen (secondary N) is 3. The Labute approximate surface area is 164 Å². The molecule has 2 aromatic rings. The maximum absolute atomic E-state index is 12.6. The summed E-state index contributed by atoms with van der Waals surface area (Å²) in [6, 6.07) is 9.58. The largest absolute Gasteiger partial charge is 0.359 e. The van der Waals surface area contributed by atoms with Gasteiger partial charge in [-0.1, -0.05) is 18.2 Å². The van der Waals surface area contributed by atoms with E-state index in [2.05, 4.69) is 30.8 Å². The Bertz CT molecular complexity index is 796. The van der Waals surface area contributed by atoms with E-state index in [9.17, 15) is 9.59 Å². The van der Waals surface area contributed by atoms with Crippen molar-refractivity contribution < 1.29 is 9.59 Å². The summed E-state index contributed by atoms with van der Waals surface area (Å²) in [7, 11) is 3.62. The molecule has 1 aliphatic rings. The first-order chi connectivity index (χ1) is 13.5. The fourth-order valence-electron chi connectivity index (χ4n) is 3.38. The van der Waals surface area contributed by atoms with Crippen molar-refractivity contribution in [3.8, 4) is 0 Å². The first kappa shape index (κ1) is 19.8. The quantitative estimate of drug-likeness (QED) is 0.723. The zero-order valence-corrected chi connectivity index (χ0v) is 16.2. The Morgan fingerprint density at radius 2 is 1.79 bits per heavy atom. The van der Waals surface area contributed by atoms with Crippen LogP contribution in [0.25, 0.3) is 0 Å². The average molecular weight is 382 g/mol. The first-order valence-corrected chi connectivity index (χ1v) is 9.40. The third-order valence-corrected chi connectivity index (χ3v) is 4.82. The normalized spacial score (nSPS) is 20.1. The van der Waals surface area contributed by atoms with Crippen molar-refractivity contribution in [1.29, 1.82) is 0 Å². The molecule has 0 unspecified atom stereocenters. The van der Waals surface area contributed by atoms with Crippen LogP contribution in [-0.2, 0) is 4.79 Å². The van der Waals surface area contributed by atoms with Gasteiger partial charge in [0.2, 0.25) is 11.9 Å². The summed E-state index contributed by atoms with van der Waals surface area (Å²) < 4.78 is 0. The number of amides is 2. The van der Waals surface area contributed by atoms with E-state index >= 15 is 0 Å². The van der Waals surface area contributed by atoms with Crippen molar-refractivity contribution in [3.05, 3.63) is 48.3 Å². The molecule has 1 aromatic carbocycles. The summed E-state index contributed by atoms with van der Waals surface area (Å²) in [6.45, 7) is 1.39. The molecule has 2 heterocycles. The molecular formula is C20H26N6O2. The predicted octanol–water partition coefficient (Wildman–Crippen LogP) is 1.41. The van der Waals surface area contributed by atoms with Gasteiger partial charge in [-0.2, -0.15) is 0 Å². The van der Waals surface area contributed by atoms with E-state index in [-0.39, 0.29) is 23.8 Å². The summed E-state index contributed by atoms with van der Waals surface area (Å²) in [6.07, 6.45) is 4.52. The lowest BCUT2D eigenvalue weighted by Gasteiger charge is -2.21. The van der Waals surface area contributed by atoms with E-state index in [1.807, 2.05) is 37.4 Å². The number of hydrogen-bond donors (Lipinski definition) is 3. The lowest BCUT2D eigenvalue weighted by atomic mass is 10.0. The Hall–Kier alpha value is -3.00. The maximum Gasteiger partial charge on any atom is 0.254 e. The topological polar surface area (TPSA) is 99.2 Å². The number of benzene rings is 1. The second kappa shape index (κ2) is 9.27. The molecule has 1 saturated heterocycles. The Morgan fingerprint density at radius 1 is 1.07 bits per heavy atom. The highest BCUT2D eigenvalue weighted by atomic mass is 16.2. The van der Waals surface area contributed by atoms with Crippen LogP contribution in [0, 0.1) is 5.92 Å². The molecule has 2 atom stereocenters. The van der Waals surface area contributed by atoms with Crippen molar-refractivity contribution in [2.45, 2.75) is 18.9 Å². The van der Waals surface area contributed by atoms with Crippen LogP contribution in [0.1, 0.15) is 23.2 Å². The molecule has 8 heteroatoms. The highest BCUT2D eigenvalue weighted by Gasteiger charge is 2.27. The van der Waals surface area contributed by atoms with Crippen molar-refractivity contribution in [1.82, 2.24) is 25.5 Å². The van der Waals surface area contributed by atoms with E-state index in [1.165, 1.54) is 12.4 Å². The second-order valence-electron chi connectivity index (χ2n) is 7.07. The molecule has 3 rings (SSSR count). The van der Waals surface area contributed by atoms with Gasteiger partial charge in [-0.3, -0.25) is 9.59 Å². The third kappa shape index (κ3) is 5.26. The standard InChI is InChI=1S/C20H26N6O2/c1-21-18(27)14-8-9-17(13-26(2)12-14)24-19(28)15-10-22-20(23-11-15)25-16-6-4-3-5-7-16/h3-7,10-11,14,17H,8-9,12-13H2,1-2H3,(H,21,27)(H,24,28)(H,22,23,25)/t14-,17+/m1/s1. The molecule has 8 nitrogen and oxygen atoms in total. The number of hydrogen-bond acceptors (Lipinski definition) is 6. The van der Waals surface area contributed by atoms with Crippen molar-refractivity contribution in [3.63, 3.8) is 0 Å². The molecule has 1 aliphatic heterocycles. The number of para-hydroxylation sites is 1. The van der Waals surface area contributed by atoms with Crippen LogP contribution in [0.4, 0.5) is 11.6 Å². The lowest BCUT2D eigenvalue weighted by molar-refractivity contribution is -0.125. The Kier molecular flexibility index (Phi) is 6.54. The number of likely N-dealkylation sites (N-methyl/N-ethyl adjacent to an activating group) is 1. The number of likely N-dealkylation sites (tertiary alicyclic amines) is 1. The van der Waals surface area contributed by atoms with Crippen molar-refractivity contribution >= 4 is 23.5 Å². The van der Waals surface area contributed by atoms with Crippen LogP contribution in [0.5, 0.6) is 0 Å². The number of carbonyl (C=O) groups excluding carboxylic acids is 2. The molecule has 3 N–H and O–H groups in total. The first-order valence-electron chi connectivity index (χ1n) is 9.40. The molecule has 0 aliphatic carbocycles. The zero-order valence-electron chi connectivity index (χ0n) is 16.2. The van der Waals surface area contributed by atoms with Gasteiger partial charge < -0.3 is 20.9 Å². The third-order valence-electron chi connectivity index (χ3n) is 4.82. The number of anilines is 2. The van der Waals surface area contributed by atoms with E-state index in [1.54, 1.807) is 7.05 Å². The summed E-state index contributed by atoms with van der Waals surface area (Å²) in [5, 5.41) is 8.84. The summed E-state index contributed by atoms with van der Waals surface area (Å²) in [4.78, 5) is 35.0. The number of carbonyl (C=O) groups is 2. The minimum Gasteiger partial charge on any atom is -0.359 e.